The van der Waals surface area contributed by atoms with Gasteiger partial charge in [-0.2, -0.15) is 11.8 Å². The zero-order valence-corrected chi connectivity index (χ0v) is 13.9. The minimum absolute atomic E-state index is 0.730. The molecule has 0 radical (unpaired) electrons. The van der Waals surface area contributed by atoms with Crippen LogP contribution in [0, 0.1) is 5.92 Å². The van der Waals surface area contributed by atoms with Gasteiger partial charge in [0.05, 0.1) is 5.69 Å². The Morgan fingerprint density at radius 3 is 2.70 bits per heavy atom. The molecular formula is C17H21N5S. The van der Waals surface area contributed by atoms with Crippen molar-refractivity contribution >= 4 is 17.6 Å². The molecule has 2 aromatic heterocycles. The number of nitrogens with zero attached hydrogens (tertiary/aromatic N) is 4. The van der Waals surface area contributed by atoms with Gasteiger partial charge in [0.25, 0.3) is 0 Å². The summed E-state index contributed by atoms with van der Waals surface area (Å²) in [5.41, 5.74) is 1.95. The highest BCUT2D eigenvalue weighted by Crippen LogP contribution is 2.24. The van der Waals surface area contributed by atoms with Gasteiger partial charge in [-0.15, -0.1) is 10.2 Å². The van der Waals surface area contributed by atoms with Crippen LogP contribution in [0.25, 0.3) is 11.3 Å². The summed E-state index contributed by atoms with van der Waals surface area (Å²) in [5.74, 6) is 4.31. The lowest BCUT2D eigenvalue weighted by molar-refractivity contribution is 0.365. The van der Waals surface area contributed by atoms with Gasteiger partial charge in [0.1, 0.15) is 0 Å². The van der Waals surface area contributed by atoms with Crippen LogP contribution >= 0.6 is 11.8 Å². The molecule has 5 nitrogen and oxygen atoms in total. The van der Waals surface area contributed by atoms with Gasteiger partial charge in [0.15, 0.2) is 5.82 Å². The molecule has 120 valence electrons. The minimum atomic E-state index is 0.730. The summed E-state index contributed by atoms with van der Waals surface area (Å²) >= 11 is 2.06. The SMILES string of the molecule is c1cc(-c2ccc(N3CC(CNC4CCSC4)C3)nn2)ccn1. The molecule has 1 unspecified atom stereocenters. The fraction of sp³-hybridized carbons (Fsp3) is 0.471. The van der Waals surface area contributed by atoms with Crippen molar-refractivity contribution in [2.45, 2.75) is 12.5 Å². The van der Waals surface area contributed by atoms with Crippen molar-refractivity contribution in [2.75, 3.05) is 36.0 Å². The Bertz CT molecular complexity index is 621. The van der Waals surface area contributed by atoms with E-state index < -0.39 is 0 Å². The molecule has 0 bridgehead atoms. The lowest BCUT2D eigenvalue weighted by atomic mass is 9.99. The topological polar surface area (TPSA) is 53.9 Å². The van der Waals surface area contributed by atoms with Crippen molar-refractivity contribution in [3.63, 3.8) is 0 Å². The highest BCUT2D eigenvalue weighted by Gasteiger charge is 2.28. The van der Waals surface area contributed by atoms with E-state index in [0.29, 0.717) is 0 Å². The predicted octanol–water partition coefficient (Wildman–Crippen LogP) is 2.07. The number of aromatic nitrogens is 3. The van der Waals surface area contributed by atoms with Gasteiger partial charge < -0.3 is 10.2 Å². The van der Waals surface area contributed by atoms with Crippen LogP contribution in [0.5, 0.6) is 0 Å². The van der Waals surface area contributed by atoms with E-state index >= 15 is 0 Å². The Morgan fingerprint density at radius 1 is 1.13 bits per heavy atom. The Morgan fingerprint density at radius 2 is 2.00 bits per heavy atom. The van der Waals surface area contributed by atoms with E-state index in [4.69, 9.17) is 0 Å². The molecule has 4 rings (SSSR count). The molecule has 2 saturated heterocycles. The van der Waals surface area contributed by atoms with Gasteiger partial charge in [-0.1, -0.05) is 0 Å². The van der Waals surface area contributed by atoms with Gasteiger partial charge in [-0.05, 0) is 36.4 Å². The van der Waals surface area contributed by atoms with Crippen molar-refractivity contribution in [1.29, 1.82) is 0 Å². The van der Waals surface area contributed by atoms with Crippen LogP contribution in [0.1, 0.15) is 6.42 Å². The first-order chi connectivity index (χ1) is 11.4. The number of thioether (sulfide) groups is 1. The molecule has 0 aliphatic carbocycles. The average molecular weight is 327 g/mol. The van der Waals surface area contributed by atoms with E-state index in [1.807, 2.05) is 18.2 Å². The summed E-state index contributed by atoms with van der Waals surface area (Å²) in [6.07, 6.45) is 4.88. The third-order valence-corrected chi connectivity index (χ3v) is 5.70. The first-order valence-corrected chi connectivity index (χ1v) is 9.34. The zero-order chi connectivity index (χ0) is 15.5. The van der Waals surface area contributed by atoms with Crippen LogP contribution in [0.2, 0.25) is 0 Å². The average Bonchev–Trinajstić information content (AvgIpc) is 3.08. The summed E-state index contributed by atoms with van der Waals surface area (Å²) < 4.78 is 0. The molecule has 1 N–H and O–H groups in total. The summed E-state index contributed by atoms with van der Waals surface area (Å²) in [6.45, 7) is 3.29. The van der Waals surface area contributed by atoms with Crippen LogP contribution in [0.4, 0.5) is 5.82 Å². The number of hydrogen-bond donors (Lipinski definition) is 1. The molecule has 0 amide bonds. The maximum absolute atomic E-state index is 4.38. The number of hydrogen-bond acceptors (Lipinski definition) is 6. The first-order valence-electron chi connectivity index (χ1n) is 8.19. The number of nitrogens with one attached hydrogen (secondary N) is 1. The largest absolute Gasteiger partial charge is 0.354 e. The van der Waals surface area contributed by atoms with Crippen molar-refractivity contribution in [3.05, 3.63) is 36.7 Å². The summed E-state index contributed by atoms with van der Waals surface area (Å²) in [6, 6.07) is 8.75. The second kappa shape index (κ2) is 6.84. The Balaban J connectivity index is 1.28. The lowest BCUT2D eigenvalue weighted by Gasteiger charge is -2.40. The quantitative estimate of drug-likeness (QED) is 0.907. The molecule has 2 fully saturated rings. The van der Waals surface area contributed by atoms with Gasteiger partial charge in [-0.3, -0.25) is 4.98 Å². The van der Waals surface area contributed by atoms with Crippen molar-refractivity contribution < 1.29 is 0 Å². The van der Waals surface area contributed by atoms with Crippen LogP contribution < -0.4 is 10.2 Å². The fourth-order valence-electron chi connectivity index (χ4n) is 3.09. The van der Waals surface area contributed by atoms with E-state index in [1.165, 1.54) is 17.9 Å². The van der Waals surface area contributed by atoms with Gasteiger partial charge in [0.2, 0.25) is 0 Å². The van der Waals surface area contributed by atoms with E-state index in [9.17, 15) is 0 Å². The third-order valence-electron chi connectivity index (χ3n) is 4.53. The summed E-state index contributed by atoms with van der Waals surface area (Å²) in [7, 11) is 0. The minimum Gasteiger partial charge on any atom is -0.354 e. The molecule has 2 aliphatic rings. The first kappa shape index (κ1) is 14.9. The molecule has 4 heterocycles. The zero-order valence-electron chi connectivity index (χ0n) is 13.1. The molecule has 2 aromatic rings. The van der Waals surface area contributed by atoms with Crippen LogP contribution in [0.3, 0.4) is 0 Å². The van der Waals surface area contributed by atoms with Gasteiger partial charge in [-0.25, -0.2) is 0 Å². The van der Waals surface area contributed by atoms with Crippen LogP contribution in [-0.4, -0.2) is 52.4 Å². The Kier molecular flexibility index (Phi) is 4.43. The number of rotatable bonds is 5. The lowest BCUT2D eigenvalue weighted by Crippen LogP contribution is -2.52. The van der Waals surface area contributed by atoms with E-state index in [0.717, 1.165) is 48.7 Å². The normalized spacial score (nSPS) is 21.4. The van der Waals surface area contributed by atoms with Crippen molar-refractivity contribution in [1.82, 2.24) is 20.5 Å². The highest BCUT2D eigenvalue weighted by atomic mass is 32.2. The molecule has 0 saturated carbocycles. The van der Waals surface area contributed by atoms with Crippen molar-refractivity contribution in [3.8, 4) is 11.3 Å². The third kappa shape index (κ3) is 3.48. The number of anilines is 1. The Hall–Kier alpha value is -1.66. The highest BCUT2D eigenvalue weighted by molar-refractivity contribution is 7.99. The van der Waals surface area contributed by atoms with Crippen molar-refractivity contribution in [2.24, 2.45) is 5.92 Å². The predicted molar refractivity (Wildman–Crippen MR) is 94.7 cm³/mol. The molecule has 6 heteroatoms. The standard InChI is InChI=1S/C17H21N5S/c1-2-17(21-20-16(1)14-3-6-18-7-4-14)22-10-13(11-22)9-19-15-5-8-23-12-15/h1-4,6-7,13,15,19H,5,8-12H2. The maximum Gasteiger partial charge on any atom is 0.151 e. The fourth-order valence-corrected chi connectivity index (χ4v) is 4.27. The molecule has 2 aliphatic heterocycles. The van der Waals surface area contributed by atoms with E-state index in [-0.39, 0.29) is 0 Å². The molecule has 0 aromatic carbocycles. The van der Waals surface area contributed by atoms with Crippen LogP contribution in [0.15, 0.2) is 36.7 Å². The molecule has 23 heavy (non-hydrogen) atoms. The van der Waals surface area contributed by atoms with E-state index in [1.54, 1.807) is 12.4 Å². The second-order valence-corrected chi connectivity index (χ2v) is 7.40. The number of pyridine rings is 1. The molecular weight excluding hydrogens is 306 g/mol. The van der Waals surface area contributed by atoms with Crippen LogP contribution in [-0.2, 0) is 0 Å². The van der Waals surface area contributed by atoms with E-state index in [2.05, 4.69) is 43.2 Å². The smallest absolute Gasteiger partial charge is 0.151 e. The monoisotopic (exact) mass is 327 g/mol. The summed E-state index contributed by atoms with van der Waals surface area (Å²) in [5, 5.41) is 12.4. The Labute approximate surface area is 140 Å². The van der Waals surface area contributed by atoms with Gasteiger partial charge in [0, 0.05) is 55.3 Å². The maximum atomic E-state index is 4.38. The molecule has 1 atom stereocenters. The second-order valence-electron chi connectivity index (χ2n) is 6.25. The molecule has 0 spiro atoms. The van der Waals surface area contributed by atoms with Gasteiger partial charge >= 0.3 is 0 Å². The summed E-state index contributed by atoms with van der Waals surface area (Å²) in [4.78, 5) is 6.33.